The van der Waals surface area contributed by atoms with Gasteiger partial charge < -0.3 is 19.3 Å². The standard InChI is InChI=1S/C20H26FNO4/c1-4-22(12-15-9-10-19(24-2)20(11-15)25-3)13-16(23)14-26-18-8-6-5-7-17(18)21/h5-11,16,23H,4,12-14H2,1-3H3. The average Bonchev–Trinajstić information content (AvgIpc) is 2.66. The molecule has 0 fully saturated rings. The number of hydrogen-bond acceptors (Lipinski definition) is 5. The number of halogens is 1. The van der Waals surface area contributed by atoms with E-state index in [2.05, 4.69) is 4.90 Å². The lowest BCUT2D eigenvalue weighted by Crippen LogP contribution is -2.35. The van der Waals surface area contributed by atoms with Crippen molar-refractivity contribution in [3.63, 3.8) is 0 Å². The van der Waals surface area contributed by atoms with Crippen molar-refractivity contribution in [1.29, 1.82) is 0 Å². The summed E-state index contributed by atoms with van der Waals surface area (Å²) in [6.45, 7) is 3.87. The summed E-state index contributed by atoms with van der Waals surface area (Å²) < 4.78 is 29.5. The normalized spacial score (nSPS) is 12.1. The summed E-state index contributed by atoms with van der Waals surface area (Å²) in [7, 11) is 3.20. The van der Waals surface area contributed by atoms with Crippen LogP contribution in [0.4, 0.5) is 4.39 Å². The van der Waals surface area contributed by atoms with Crippen LogP contribution in [-0.4, -0.2) is 50.0 Å². The van der Waals surface area contributed by atoms with Crippen molar-refractivity contribution < 1.29 is 23.7 Å². The van der Waals surface area contributed by atoms with Gasteiger partial charge in [-0.3, -0.25) is 4.90 Å². The molecule has 0 aromatic heterocycles. The molecule has 1 atom stereocenters. The highest BCUT2D eigenvalue weighted by Gasteiger charge is 2.14. The Morgan fingerprint density at radius 3 is 2.42 bits per heavy atom. The van der Waals surface area contributed by atoms with E-state index in [0.29, 0.717) is 24.6 Å². The fourth-order valence-corrected chi connectivity index (χ4v) is 2.64. The van der Waals surface area contributed by atoms with Crippen LogP contribution in [0.15, 0.2) is 42.5 Å². The van der Waals surface area contributed by atoms with Crippen LogP contribution in [0.5, 0.6) is 17.2 Å². The number of aliphatic hydroxyl groups is 1. The zero-order valence-electron chi connectivity index (χ0n) is 15.4. The maximum absolute atomic E-state index is 13.6. The minimum Gasteiger partial charge on any atom is -0.493 e. The van der Waals surface area contributed by atoms with Crippen molar-refractivity contribution in [2.45, 2.75) is 19.6 Å². The number of likely N-dealkylation sites (N-methyl/N-ethyl adjacent to an activating group) is 1. The van der Waals surface area contributed by atoms with Crippen molar-refractivity contribution in [1.82, 2.24) is 4.90 Å². The molecule has 1 unspecified atom stereocenters. The Balaban J connectivity index is 1.91. The van der Waals surface area contributed by atoms with Gasteiger partial charge in [0.1, 0.15) is 12.7 Å². The summed E-state index contributed by atoms with van der Waals surface area (Å²) in [5.41, 5.74) is 1.05. The monoisotopic (exact) mass is 363 g/mol. The van der Waals surface area contributed by atoms with E-state index in [1.807, 2.05) is 25.1 Å². The third-order valence-corrected chi connectivity index (χ3v) is 4.04. The summed E-state index contributed by atoms with van der Waals surface area (Å²) in [5, 5.41) is 10.2. The Labute approximate surface area is 153 Å². The molecule has 0 amide bonds. The van der Waals surface area contributed by atoms with E-state index in [9.17, 15) is 9.50 Å². The van der Waals surface area contributed by atoms with Gasteiger partial charge in [0.25, 0.3) is 0 Å². The van der Waals surface area contributed by atoms with Crippen LogP contribution >= 0.6 is 0 Å². The Morgan fingerprint density at radius 1 is 1.04 bits per heavy atom. The second kappa shape index (κ2) is 9.99. The van der Waals surface area contributed by atoms with Crippen LogP contribution in [0.25, 0.3) is 0 Å². The molecule has 2 aromatic rings. The number of methoxy groups -OCH3 is 2. The number of benzene rings is 2. The molecule has 0 radical (unpaired) electrons. The fourth-order valence-electron chi connectivity index (χ4n) is 2.64. The van der Waals surface area contributed by atoms with E-state index in [1.54, 1.807) is 32.4 Å². The molecule has 0 aliphatic rings. The maximum atomic E-state index is 13.6. The van der Waals surface area contributed by atoms with Gasteiger partial charge in [-0.2, -0.15) is 0 Å². The zero-order chi connectivity index (χ0) is 18.9. The third-order valence-electron chi connectivity index (χ3n) is 4.04. The molecule has 1 N–H and O–H groups in total. The number of ether oxygens (including phenoxy) is 3. The minimum absolute atomic E-state index is 0.0311. The number of nitrogens with zero attached hydrogens (tertiary/aromatic N) is 1. The molecule has 2 aromatic carbocycles. The van der Waals surface area contributed by atoms with Gasteiger partial charge in [0, 0.05) is 13.1 Å². The molecule has 0 aliphatic carbocycles. The van der Waals surface area contributed by atoms with Gasteiger partial charge >= 0.3 is 0 Å². The Morgan fingerprint density at radius 2 is 1.77 bits per heavy atom. The first-order valence-electron chi connectivity index (χ1n) is 8.56. The van der Waals surface area contributed by atoms with Crippen molar-refractivity contribution in [3.8, 4) is 17.2 Å². The molecule has 0 aliphatic heterocycles. The van der Waals surface area contributed by atoms with Gasteiger partial charge in [-0.1, -0.05) is 25.1 Å². The third kappa shape index (κ3) is 5.61. The lowest BCUT2D eigenvalue weighted by atomic mass is 10.1. The molecule has 2 rings (SSSR count). The highest BCUT2D eigenvalue weighted by molar-refractivity contribution is 5.42. The second-order valence-corrected chi connectivity index (χ2v) is 5.91. The van der Waals surface area contributed by atoms with Crippen molar-refractivity contribution in [2.24, 2.45) is 0 Å². The van der Waals surface area contributed by atoms with Gasteiger partial charge in [0.2, 0.25) is 0 Å². The molecule has 0 saturated carbocycles. The van der Waals surface area contributed by atoms with Gasteiger partial charge in [0.15, 0.2) is 23.1 Å². The molecule has 0 heterocycles. The molecular formula is C20H26FNO4. The van der Waals surface area contributed by atoms with Crippen molar-refractivity contribution in [3.05, 3.63) is 53.8 Å². The number of hydrogen-bond donors (Lipinski definition) is 1. The summed E-state index contributed by atoms with van der Waals surface area (Å²) in [5.74, 6) is 1.06. The Hall–Kier alpha value is -2.31. The molecular weight excluding hydrogens is 337 g/mol. The van der Waals surface area contributed by atoms with Crippen LogP contribution in [0.2, 0.25) is 0 Å². The summed E-state index contributed by atoms with van der Waals surface area (Å²) in [6.07, 6.45) is -0.727. The number of rotatable bonds is 10. The fraction of sp³-hybridized carbons (Fsp3) is 0.400. The maximum Gasteiger partial charge on any atom is 0.165 e. The van der Waals surface area contributed by atoms with Crippen molar-refractivity contribution >= 4 is 0 Å². The van der Waals surface area contributed by atoms with Crippen LogP contribution in [0.3, 0.4) is 0 Å². The van der Waals surface area contributed by atoms with E-state index < -0.39 is 11.9 Å². The molecule has 26 heavy (non-hydrogen) atoms. The van der Waals surface area contributed by atoms with E-state index >= 15 is 0 Å². The zero-order valence-corrected chi connectivity index (χ0v) is 15.4. The SMILES string of the molecule is CCN(Cc1ccc(OC)c(OC)c1)CC(O)COc1ccccc1F. The summed E-state index contributed by atoms with van der Waals surface area (Å²) in [6, 6.07) is 11.9. The van der Waals surface area contributed by atoms with Crippen LogP contribution < -0.4 is 14.2 Å². The van der Waals surface area contributed by atoms with Crippen LogP contribution in [-0.2, 0) is 6.54 Å². The number of aliphatic hydroxyl groups excluding tert-OH is 1. The molecule has 0 saturated heterocycles. The van der Waals surface area contributed by atoms with E-state index in [4.69, 9.17) is 14.2 Å². The molecule has 142 valence electrons. The summed E-state index contributed by atoms with van der Waals surface area (Å²) in [4.78, 5) is 2.08. The quantitative estimate of drug-likeness (QED) is 0.703. The lowest BCUT2D eigenvalue weighted by molar-refractivity contribution is 0.0660. The van der Waals surface area contributed by atoms with E-state index in [0.717, 1.165) is 12.1 Å². The lowest BCUT2D eigenvalue weighted by Gasteiger charge is -2.24. The Kier molecular flexibility index (Phi) is 7.69. The van der Waals surface area contributed by atoms with E-state index in [1.165, 1.54) is 6.07 Å². The van der Waals surface area contributed by atoms with Crippen molar-refractivity contribution in [2.75, 3.05) is 33.9 Å². The van der Waals surface area contributed by atoms with Crippen LogP contribution in [0.1, 0.15) is 12.5 Å². The second-order valence-electron chi connectivity index (χ2n) is 5.91. The highest BCUT2D eigenvalue weighted by Crippen LogP contribution is 2.28. The first-order valence-corrected chi connectivity index (χ1v) is 8.56. The first-order chi connectivity index (χ1) is 12.6. The predicted octanol–water partition coefficient (Wildman–Crippen LogP) is 3.10. The van der Waals surface area contributed by atoms with Gasteiger partial charge in [-0.25, -0.2) is 4.39 Å². The topological polar surface area (TPSA) is 51.2 Å². The van der Waals surface area contributed by atoms with Crippen LogP contribution in [0, 0.1) is 5.82 Å². The molecule has 0 spiro atoms. The number of para-hydroxylation sites is 1. The predicted molar refractivity (Wildman–Crippen MR) is 98.4 cm³/mol. The Bertz CT molecular complexity index is 695. The largest absolute Gasteiger partial charge is 0.493 e. The first kappa shape index (κ1) is 20.0. The van der Waals surface area contributed by atoms with Gasteiger partial charge in [-0.15, -0.1) is 0 Å². The highest BCUT2D eigenvalue weighted by atomic mass is 19.1. The molecule has 6 heteroatoms. The summed E-state index contributed by atoms with van der Waals surface area (Å²) >= 11 is 0. The average molecular weight is 363 g/mol. The molecule has 0 bridgehead atoms. The molecule has 5 nitrogen and oxygen atoms in total. The smallest absolute Gasteiger partial charge is 0.165 e. The van der Waals surface area contributed by atoms with E-state index in [-0.39, 0.29) is 12.4 Å². The minimum atomic E-state index is -0.727. The van der Waals surface area contributed by atoms with Gasteiger partial charge in [0.05, 0.1) is 14.2 Å². The van der Waals surface area contributed by atoms with Gasteiger partial charge in [-0.05, 0) is 36.4 Å².